The lowest BCUT2D eigenvalue weighted by molar-refractivity contribution is -0.143. The van der Waals surface area contributed by atoms with Crippen LogP contribution >= 0.6 is 25.3 Å². The molecule has 0 aromatic rings. The molecule has 266 valence electrons. The highest BCUT2D eigenvalue weighted by molar-refractivity contribution is 7.80. The second-order valence-corrected chi connectivity index (χ2v) is 10.7. The fourth-order valence-corrected chi connectivity index (χ4v) is 3.97. The van der Waals surface area contributed by atoms with Crippen molar-refractivity contribution in [2.24, 2.45) is 22.2 Å². The Morgan fingerprint density at radius 2 is 1.13 bits per heavy atom. The Morgan fingerprint density at radius 3 is 1.55 bits per heavy atom. The molecule has 0 aromatic heterocycles. The minimum absolute atomic E-state index is 0.0205. The standard InChI is InChI=1S/C24H41N9O12S2/c1-9(34)17(22(43)32-14(8-47)23(44)45)33-21(42)13(6-16(37)38)31-19(40)11(3-2-4-28-24(26)27)29-20(41)12(5-15(35)36)30-18(39)10(25)7-46/h9-14,17,34,46-47H,2-8,25H2,1H3,(H,29,41)(H,30,39)(H,31,40)(H,32,43)(H,33,42)(H,35,36)(H,37,38)(H,44,45)(H4,26,27,28)/t9-,10+,11+,12+,13+,14+,17+/m1/s1. The van der Waals surface area contributed by atoms with E-state index in [1.165, 1.54) is 0 Å². The maximum Gasteiger partial charge on any atom is 0.327 e. The number of carbonyl (C=O) groups excluding carboxylic acids is 5. The number of hydrogen-bond acceptors (Lipinski definition) is 13. The topological polar surface area (TPSA) is 368 Å². The van der Waals surface area contributed by atoms with E-state index in [0.717, 1.165) is 6.92 Å². The lowest BCUT2D eigenvalue weighted by Crippen LogP contribution is -2.61. The fraction of sp³-hybridized carbons (Fsp3) is 0.625. The molecule has 5 amide bonds. The maximum absolute atomic E-state index is 13.3. The normalized spacial score (nSPS) is 15.2. The Balaban J connectivity index is 6.20. The number of nitrogens with zero attached hydrogens (tertiary/aromatic N) is 1. The Bertz CT molecular complexity index is 1190. The van der Waals surface area contributed by atoms with Gasteiger partial charge in [0.05, 0.1) is 25.0 Å². The zero-order valence-electron chi connectivity index (χ0n) is 25.1. The number of carboxylic acids is 3. The van der Waals surface area contributed by atoms with Gasteiger partial charge in [0, 0.05) is 18.1 Å². The summed E-state index contributed by atoms with van der Waals surface area (Å²) >= 11 is 7.67. The van der Waals surface area contributed by atoms with Crippen molar-refractivity contribution in [3.63, 3.8) is 0 Å². The van der Waals surface area contributed by atoms with Crippen LogP contribution in [0.5, 0.6) is 0 Å². The van der Waals surface area contributed by atoms with Gasteiger partial charge < -0.3 is 64.2 Å². The number of nitrogens with two attached hydrogens (primary N) is 3. The van der Waals surface area contributed by atoms with Crippen molar-refractivity contribution >= 4 is 78.7 Å². The third-order valence-electron chi connectivity index (χ3n) is 5.99. The molecule has 0 aliphatic carbocycles. The molecule has 15 N–H and O–H groups in total. The number of aliphatic imine (C=N–C) groups is 1. The Morgan fingerprint density at radius 1 is 0.681 bits per heavy atom. The van der Waals surface area contributed by atoms with Crippen LogP contribution in [0.15, 0.2) is 4.99 Å². The highest BCUT2D eigenvalue weighted by Gasteiger charge is 2.35. The molecule has 0 saturated heterocycles. The summed E-state index contributed by atoms with van der Waals surface area (Å²) in [4.78, 5) is 102. The van der Waals surface area contributed by atoms with Crippen LogP contribution in [-0.4, -0.2) is 134 Å². The van der Waals surface area contributed by atoms with Crippen LogP contribution in [0, 0.1) is 0 Å². The van der Waals surface area contributed by atoms with Crippen molar-refractivity contribution < 1.29 is 58.8 Å². The van der Waals surface area contributed by atoms with E-state index in [-0.39, 0.29) is 36.9 Å². The first-order chi connectivity index (χ1) is 21.8. The van der Waals surface area contributed by atoms with Gasteiger partial charge in [-0.05, 0) is 19.8 Å². The van der Waals surface area contributed by atoms with E-state index in [9.17, 15) is 53.7 Å². The number of guanidine groups is 1. The number of rotatable bonds is 22. The van der Waals surface area contributed by atoms with Gasteiger partial charge in [-0.25, -0.2) is 4.79 Å². The third kappa shape index (κ3) is 16.7. The van der Waals surface area contributed by atoms with Crippen LogP contribution in [0.25, 0.3) is 0 Å². The lowest BCUT2D eigenvalue weighted by Gasteiger charge is -2.27. The summed E-state index contributed by atoms with van der Waals surface area (Å²) in [6, 6.07) is -9.77. The molecule has 0 rings (SSSR count). The molecule has 0 bridgehead atoms. The summed E-state index contributed by atoms with van der Waals surface area (Å²) in [6.07, 6.45) is -3.85. The first-order valence-corrected chi connectivity index (χ1v) is 15.0. The molecule has 0 spiro atoms. The third-order valence-corrected chi connectivity index (χ3v) is 6.75. The molecule has 0 aliphatic heterocycles. The van der Waals surface area contributed by atoms with E-state index < -0.39 is 103 Å². The summed E-state index contributed by atoms with van der Waals surface area (Å²) in [5.41, 5.74) is 16.1. The van der Waals surface area contributed by atoms with Crippen LogP contribution in [0.1, 0.15) is 32.6 Å². The first kappa shape index (κ1) is 42.6. The largest absolute Gasteiger partial charge is 0.481 e. The van der Waals surface area contributed by atoms with Crippen LogP contribution in [0.2, 0.25) is 0 Å². The van der Waals surface area contributed by atoms with Gasteiger partial charge >= 0.3 is 17.9 Å². The predicted octanol–water partition coefficient (Wildman–Crippen LogP) is -5.93. The molecule has 0 fully saturated rings. The van der Waals surface area contributed by atoms with Crippen LogP contribution in [0.3, 0.4) is 0 Å². The molecular formula is C24H41N9O12S2. The molecular weight excluding hydrogens is 670 g/mol. The second kappa shape index (κ2) is 21.4. The first-order valence-electron chi connectivity index (χ1n) is 13.7. The summed E-state index contributed by atoms with van der Waals surface area (Å²) in [7, 11) is 0. The van der Waals surface area contributed by atoms with Crippen LogP contribution < -0.4 is 43.8 Å². The van der Waals surface area contributed by atoms with Gasteiger partial charge in [0.2, 0.25) is 29.5 Å². The number of hydrogen-bond donors (Lipinski definition) is 14. The summed E-state index contributed by atoms with van der Waals surface area (Å²) in [5.74, 6) is -11.0. The van der Waals surface area contributed by atoms with Crippen LogP contribution in [-0.2, 0) is 38.4 Å². The summed E-state index contributed by atoms with van der Waals surface area (Å²) < 4.78 is 0. The fourth-order valence-electron chi connectivity index (χ4n) is 3.55. The molecule has 0 heterocycles. The average molecular weight is 712 g/mol. The Labute approximate surface area is 279 Å². The number of aliphatic carboxylic acids is 3. The molecule has 23 heteroatoms. The van der Waals surface area contributed by atoms with Gasteiger partial charge in [0.25, 0.3) is 0 Å². The SMILES string of the molecule is C[C@@H](O)[C@H](NC(=O)[C@H](CC(=O)O)NC(=O)[C@H](CCCN=C(N)N)NC(=O)[C@H](CC(=O)O)NC(=O)[C@@H](N)CS)C(=O)N[C@@H](CS)C(=O)O. The van der Waals surface area contributed by atoms with E-state index in [1.807, 2.05) is 5.32 Å². The van der Waals surface area contributed by atoms with Crippen molar-refractivity contribution in [3.8, 4) is 0 Å². The predicted molar refractivity (Wildman–Crippen MR) is 169 cm³/mol. The van der Waals surface area contributed by atoms with Crippen LogP contribution in [0.4, 0.5) is 0 Å². The Kier molecular flexibility index (Phi) is 19.5. The number of amides is 5. The molecule has 0 saturated carbocycles. The molecule has 0 unspecified atom stereocenters. The van der Waals surface area contributed by atoms with Gasteiger partial charge in [-0.1, -0.05) is 0 Å². The average Bonchev–Trinajstić information content (AvgIpc) is 2.97. The van der Waals surface area contributed by atoms with E-state index in [4.69, 9.17) is 22.3 Å². The number of thiol groups is 2. The zero-order chi connectivity index (χ0) is 36.4. The van der Waals surface area contributed by atoms with Crippen molar-refractivity contribution in [2.75, 3.05) is 18.1 Å². The minimum atomic E-state index is -1.92. The van der Waals surface area contributed by atoms with E-state index in [1.54, 1.807) is 0 Å². The number of carbonyl (C=O) groups is 8. The summed E-state index contributed by atoms with van der Waals surface area (Å²) in [5, 5.41) is 48.4. The number of aliphatic hydroxyl groups excluding tert-OH is 1. The van der Waals surface area contributed by atoms with Crippen molar-refractivity contribution in [3.05, 3.63) is 0 Å². The van der Waals surface area contributed by atoms with E-state index >= 15 is 0 Å². The van der Waals surface area contributed by atoms with Gasteiger partial charge in [-0.15, -0.1) is 0 Å². The van der Waals surface area contributed by atoms with Crippen molar-refractivity contribution in [1.82, 2.24) is 26.6 Å². The molecule has 47 heavy (non-hydrogen) atoms. The van der Waals surface area contributed by atoms with Gasteiger partial charge in [0.1, 0.15) is 30.2 Å². The smallest absolute Gasteiger partial charge is 0.327 e. The van der Waals surface area contributed by atoms with Crippen molar-refractivity contribution in [2.45, 2.75) is 75.0 Å². The number of aliphatic hydroxyl groups is 1. The second-order valence-electron chi connectivity index (χ2n) is 9.93. The lowest BCUT2D eigenvalue weighted by atomic mass is 10.1. The highest BCUT2D eigenvalue weighted by atomic mass is 32.1. The summed E-state index contributed by atoms with van der Waals surface area (Å²) in [6.45, 7) is 1.02. The van der Waals surface area contributed by atoms with E-state index in [2.05, 4.69) is 51.5 Å². The zero-order valence-corrected chi connectivity index (χ0v) is 26.9. The van der Waals surface area contributed by atoms with Gasteiger partial charge in [-0.2, -0.15) is 25.3 Å². The Hall–Kier alpha value is -4.35. The van der Waals surface area contributed by atoms with Gasteiger partial charge in [0.15, 0.2) is 5.96 Å². The molecule has 21 nitrogen and oxygen atoms in total. The number of nitrogens with one attached hydrogen (secondary N) is 5. The molecule has 0 aliphatic rings. The highest BCUT2D eigenvalue weighted by Crippen LogP contribution is 2.06. The monoisotopic (exact) mass is 711 g/mol. The molecule has 0 radical (unpaired) electrons. The van der Waals surface area contributed by atoms with E-state index in [0.29, 0.717) is 0 Å². The van der Waals surface area contributed by atoms with Crippen molar-refractivity contribution in [1.29, 1.82) is 0 Å². The molecule has 7 atom stereocenters. The number of carboxylic acid groups (broad SMARTS) is 3. The quantitative estimate of drug-likeness (QED) is 0.0215. The van der Waals surface area contributed by atoms with Gasteiger partial charge in [-0.3, -0.25) is 38.6 Å². The minimum Gasteiger partial charge on any atom is -0.481 e. The molecule has 0 aromatic carbocycles. The maximum atomic E-state index is 13.3.